The van der Waals surface area contributed by atoms with Gasteiger partial charge < -0.3 is 0 Å². The molecule has 96 valence electrons. The van der Waals surface area contributed by atoms with Crippen LogP contribution < -0.4 is 0 Å². The molecule has 0 nitrogen and oxygen atoms in total. The second-order valence-electron chi connectivity index (χ2n) is 6.91. The lowest BCUT2D eigenvalue weighted by Gasteiger charge is -2.52. The van der Waals surface area contributed by atoms with Crippen LogP contribution in [-0.4, -0.2) is 6.69 Å². The zero-order valence-electron chi connectivity index (χ0n) is 11.3. The van der Waals surface area contributed by atoms with Gasteiger partial charge in [-0.25, -0.2) is 0 Å². The Morgan fingerprint density at radius 2 is 1.88 bits per heavy atom. The molecule has 0 aromatic heterocycles. The van der Waals surface area contributed by atoms with Crippen molar-refractivity contribution in [3.05, 3.63) is 23.3 Å². The van der Waals surface area contributed by atoms with Crippen LogP contribution in [0.15, 0.2) is 23.3 Å². The predicted molar refractivity (Wildman–Crippen MR) is 80.0 cm³/mol. The first-order valence-corrected chi connectivity index (χ1v) is 10.6. The molecule has 1 aliphatic heterocycles. The largest absolute Gasteiger partial charge is 0.262 e. The van der Waals surface area contributed by atoms with Crippen molar-refractivity contribution in [1.82, 2.24) is 0 Å². The van der Waals surface area contributed by atoms with Crippen molar-refractivity contribution in [1.29, 1.82) is 0 Å². The zero-order valence-corrected chi connectivity index (χ0v) is 13.9. The molecular formula is C14H22Cl2Si. The first-order chi connectivity index (χ1) is 7.64. The van der Waals surface area contributed by atoms with Crippen molar-refractivity contribution < 1.29 is 0 Å². The molecule has 3 heteroatoms. The second kappa shape index (κ2) is 4.14. The van der Waals surface area contributed by atoms with Gasteiger partial charge in [0.05, 0.1) is 0 Å². The highest BCUT2D eigenvalue weighted by Crippen LogP contribution is 2.69. The maximum Gasteiger partial charge on any atom is 0.262 e. The summed E-state index contributed by atoms with van der Waals surface area (Å²) in [5.41, 5.74) is 4.21. The Bertz CT molecular complexity index is 384. The monoisotopic (exact) mass is 288 g/mol. The summed E-state index contributed by atoms with van der Waals surface area (Å²) in [5.74, 6) is 0.612. The van der Waals surface area contributed by atoms with Crippen LogP contribution >= 0.6 is 22.2 Å². The fourth-order valence-electron chi connectivity index (χ4n) is 3.26. The normalized spacial score (nSPS) is 34.5. The molecule has 0 N–H and O–H groups in total. The standard InChI is InChI=1S/C14H22Cl2Si/c1-9(2)10-6-7-11-13(10)12(17(11,15)16)8-14(3,4)5/h6-7,11-13H,8H2,1-5H3/t11-,12-,13+/m1/s1. The minimum atomic E-state index is -2.08. The fourth-order valence-corrected chi connectivity index (χ4v) is 8.94. The average molecular weight is 289 g/mol. The van der Waals surface area contributed by atoms with Gasteiger partial charge in [-0.2, -0.15) is 0 Å². The first-order valence-electron chi connectivity index (χ1n) is 6.38. The van der Waals surface area contributed by atoms with Gasteiger partial charge >= 0.3 is 0 Å². The Balaban J connectivity index is 2.26. The lowest BCUT2D eigenvalue weighted by atomic mass is 9.82. The van der Waals surface area contributed by atoms with E-state index in [1.807, 2.05) is 0 Å². The smallest absolute Gasteiger partial charge is 0.145 e. The molecule has 0 aromatic carbocycles. The Labute approximate surface area is 115 Å². The van der Waals surface area contributed by atoms with Crippen LogP contribution in [0.4, 0.5) is 0 Å². The Kier molecular flexibility index (Phi) is 3.34. The topological polar surface area (TPSA) is 0 Å². The van der Waals surface area contributed by atoms with E-state index in [9.17, 15) is 0 Å². The minimum Gasteiger partial charge on any atom is -0.145 e. The number of halogens is 2. The SMILES string of the molecule is CC(C)=C1C=C[C@@H]2[C@H]1[C@@H](CC(C)(C)C)[Si]2(Cl)Cl. The summed E-state index contributed by atoms with van der Waals surface area (Å²) in [6, 6.07) is 0. The third-order valence-corrected chi connectivity index (χ3v) is 10.2. The molecule has 17 heavy (non-hydrogen) atoms. The quantitative estimate of drug-likeness (QED) is 0.434. The van der Waals surface area contributed by atoms with Crippen molar-refractivity contribution in [2.45, 2.75) is 52.1 Å². The predicted octanol–water partition coefficient (Wildman–Crippen LogP) is 5.62. The summed E-state index contributed by atoms with van der Waals surface area (Å²) in [4.78, 5) is 0. The maximum atomic E-state index is 6.68. The van der Waals surface area contributed by atoms with E-state index in [0.717, 1.165) is 6.42 Å². The number of allylic oxidation sites excluding steroid dienone is 4. The van der Waals surface area contributed by atoms with E-state index in [1.54, 1.807) is 0 Å². The molecule has 0 saturated carbocycles. The number of fused-ring (bicyclic) bond motifs is 1. The second-order valence-corrected chi connectivity index (χ2v) is 14.0. The van der Waals surface area contributed by atoms with Gasteiger partial charge in [0.15, 0.2) is 0 Å². The molecule has 3 atom stereocenters. The molecule has 0 bridgehead atoms. The van der Waals surface area contributed by atoms with Crippen LogP contribution in [0, 0.1) is 11.3 Å². The zero-order chi connectivity index (χ0) is 13.0. The van der Waals surface area contributed by atoms with Crippen molar-refractivity contribution in [2.24, 2.45) is 11.3 Å². The molecule has 1 aliphatic carbocycles. The van der Waals surface area contributed by atoms with Gasteiger partial charge in [0.25, 0.3) is 6.69 Å². The van der Waals surface area contributed by atoms with E-state index in [2.05, 4.69) is 46.8 Å². The summed E-state index contributed by atoms with van der Waals surface area (Å²) in [6.07, 6.45) is 5.67. The fraction of sp³-hybridized carbons (Fsp3) is 0.714. The van der Waals surface area contributed by atoms with E-state index >= 15 is 0 Å². The molecule has 1 saturated heterocycles. The van der Waals surface area contributed by atoms with Crippen LogP contribution in [0.1, 0.15) is 41.0 Å². The van der Waals surface area contributed by atoms with E-state index in [-0.39, 0.29) is 0 Å². The van der Waals surface area contributed by atoms with E-state index < -0.39 is 6.69 Å². The van der Waals surface area contributed by atoms with Gasteiger partial charge in [-0.1, -0.05) is 38.5 Å². The van der Waals surface area contributed by atoms with Crippen LogP contribution in [0.25, 0.3) is 0 Å². The number of rotatable bonds is 1. The van der Waals surface area contributed by atoms with Crippen molar-refractivity contribution in [2.75, 3.05) is 0 Å². The highest BCUT2D eigenvalue weighted by Gasteiger charge is 2.64. The van der Waals surface area contributed by atoms with Crippen LogP contribution in [-0.2, 0) is 0 Å². The van der Waals surface area contributed by atoms with Gasteiger partial charge in [0, 0.05) is 5.54 Å². The Morgan fingerprint density at radius 3 is 2.35 bits per heavy atom. The third-order valence-electron chi connectivity index (χ3n) is 4.01. The molecule has 0 spiro atoms. The van der Waals surface area contributed by atoms with E-state index in [1.165, 1.54) is 11.1 Å². The van der Waals surface area contributed by atoms with Gasteiger partial charge in [0.1, 0.15) is 0 Å². The first kappa shape index (κ1) is 13.7. The van der Waals surface area contributed by atoms with Gasteiger partial charge in [-0.05, 0) is 42.7 Å². The van der Waals surface area contributed by atoms with Crippen LogP contribution in [0.2, 0.25) is 11.1 Å². The highest BCUT2D eigenvalue weighted by molar-refractivity contribution is 7.48. The van der Waals surface area contributed by atoms with E-state index in [0.29, 0.717) is 22.4 Å². The van der Waals surface area contributed by atoms with Crippen molar-refractivity contribution in [3.63, 3.8) is 0 Å². The van der Waals surface area contributed by atoms with Crippen molar-refractivity contribution >= 4 is 28.9 Å². The molecule has 0 amide bonds. The molecule has 0 aromatic rings. The summed E-state index contributed by atoms with van der Waals surface area (Å²) < 4.78 is 0. The molecule has 1 fully saturated rings. The Hall–Kier alpha value is 0.277. The molecule has 2 rings (SSSR count). The molecule has 0 unspecified atom stereocenters. The minimum absolute atomic E-state index is 0.313. The third kappa shape index (κ3) is 2.26. The van der Waals surface area contributed by atoms with Gasteiger partial charge in [-0.15, -0.1) is 22.2 Å². The van der Waals surface area contributed by atoms with Crippen LogP contribution in [0.5, 0.6) is 0 Å². The number of hydrogen-bond donors (Lipinski definition) is 0. The summed E-state index contributed by atoms with van der Waals surface area (Å²) in [7, 11) is 0. The molecule has 1 heterocycles. The molecule has 2 aliphatic rings. The lowest BCUT2D eigenvalue weighted by molar-refractivity contribution is 0.315. The maximum absolute atomic E-state index is 6.68. The Morgan fingerprint density at radius 1 is 1.29 bits per heavy atom. The van der Waals surface area contributed by atoms with Gasteiger partial charge in [0.2, 0.25) is 0 Å². The van der Waals surface area contributed by atoms with Crippen LogP contribution in [0.3, 0.4) is 0 Å². The molecule has 0 radical (unpaired) electrons. The summed E-state index contributed by atoms with van der Waals surface area (Å²) in [5, 5.41) is 0. The molecular weight excluding hydrogens is 267 g/mol. The number of hydrogen-bond acceptors (Lipinski definition) is 0. The average Bonchev–Trinajstić information content (AvgIpc) is 2.54. The van der Waals surface area contributed by atoms with Crippen molar-refractivity contribution in [3.8, 4) is 0 Å². The highest BCUT2D eigenvalue weighted by atomic mass is 35.7. The van der Waals surface area contributed by atoms with Gasteiger partial charge in [-0.3, -0.25) is 0 Å². The summed E-state index contributed by atoms with van der Waals surface area (Å²) in [6.45, 7) is 9.15. The summed E-state index contributed by atoms with van der Waals surface area (Å²) >= 11 is 13.4. The lowest BCUT2D eigenvalue weighted by Crippen LogP contribution is -2.51. The van der Waals surface area contributed by atoms with E-state index in [4.69, 9.17) is 22.2 Å².